The van der Waals surface area contributed by atoms with Crippen LogP contribution in [0.4, 0.5) is 0 Å². The summed E-state index contributed by atoms with van der Waals surface area (Å²) in [4.78, 5) is -0.0637. The smallest absolute Gasteiger partial charge is 0.744 e. The second kappa shape index (κ2) is 6.62. The summed E-state index contributed by atoms with van der Waals surface area (Å²) in [6.07, 6.45) is 3.26. The fourth-order valence-electron chi connectivity index (χ4n) is 2.80. The molecular weight excluding hydrogens is 307 g/mol. The van der Waals surface area contributed by atoms with Crippen LogP contribution in [-0.4, -0.2) is 13.0 Å². The van der Waals surface area contributed by atoms with Crippen LogP contribution < -0.4 is 29.6 Å². The summed E-state index contributed by atoms with van der Waals surface area (Å²) in [7, 11) is -4.45. The average molecular weight is 326 g/mol. The molecule has 0 radical (unpaired) electrons. The quantitative estimate of drug-likeness (QED) is 0.616. The Morgan fingerprint density at radius 3 is 2.41 bits per heavy atom. The first-order chi connectivity index (χ1) is 9.86. The molecule has 3 rings (SSSR count). The van der Waals surface area contributed by atoms with Crippen LogP contribution in [-0.2, 0) is 16.5 Å². The first kappa shape index (κ1) is 18.0. The van der Waals surface area contributed by atoms with Crippen molar-refractivity contribution in [3.05, 3.63) is 41.5 Å². The average Bonchev–Trinajstić information content (AvgIpc) is 3.14. The largest absolute Gasteiger partial charge is 1.00 e. The molecule has 0 aromatic carbocycles. The Kier molecular flexibility index (Phi) is 5.40. The molecule has 0 unspecified atom stereocenters. The van der Waals surface area contributed by atoms with Crippen molar-refractivity contribution in [1.29, 1.82) is 0 Å². The van der Waals surface area contributed by atoms with E-state index in [0.717, 1.165) is 23.1 Å². The Morgan fingerprint density at radius 2 is 1.86 bits per heavy atom. The first-order valence-corrected chi connectivity index (χ1v) is 8.78. The van der Waals surface area contributed by atoms with Gasteiger partial charge in [0.25, 0.3) is 0 Å². The molecule has 0 bridgehead atoms. The Labute approximate surface area is 154 Å². The van der Waals surface area contributed by atoms with Crippen LogP contribution in [0.2, 0.25) is 0 Å². The van der Waals surface area contributed by atoms with E-state index < -0.39 is 10.1 Å². The molecule has 5 heteroatoms. The summed E-state index contributed by atoms with van der Waals surface area (Å²) in [6, 6.07) is 9.34. The van der Waals surface area contributed by atoms with Crippen molar-refractivity contribution in [2.45, 2.75) is 43.9 Å². The predicted octanol–water partition coefficient (Wildman–Crippen LogP) is 0.775. The normalized spacial score (nSPS) is 15.1. The van der Waals surface area contributed by atoms with E-state index in [0.29, 0.717) is 11.5 Å². The van der Waals surface area contributed by atoms with E-state index in [1.54, 1.807) is 6.07 Å². The van der Waals surface area contributed by atoms with Crippen LogP contribution in [0.5, 0.6) is 0 Å². The van der Waals surface area contributed by atoms with Gasteiger partial charge in [-0.05, 0) is 65.5 Å². The van der Waals surface area contributed by atoms with Gasteiger partial charge in [-0.1, -0.05) is 32.0 Å². The van der Waals surface area contributed by atoms with Gasteiger partial charge in [-0.2, -0.15) is 0 Å². The van der Waals surface area contributed by atoms with Crippen molar-refractivity contribution in [1.82, 2.24) is 0 Å². The van der Waals surface area contributed by atoms with Crippen molar-refractivity contribution >= 4 is 10.1 Å². The molecule has 0 amide bonds. The fourth-order valence-corrected chi connectivity index (χ4v) is 3.53. The van der Waals surface area contributed by atoms with Gasteiger partial charge in [0.2, 0.25) is 0 Å². The molecule has 1 saturated carbocycles. The van der Waals surface area contributed by atoms with Crippen LogP contribution in [0.3, 0.4) is 0 Å². The van der Waals surface area contributed by atoms with Crippen LogP contribution in [0, 0.1) is 5.92 Å². The van der Waals surface area contributed by atoms with Crippen molar-refractivity contribution in [3.63, 3.8) is 0 Å². The minimum atomic E-state index is -4.45. The molecule has 3 nitrogen and oxygen atoms in total. The van der Waals surface area contributed by atoms with E-state index in [4.69, 9.17) is 0 Å². The molecule has 3 aliphatic rings. The summed E-state index contributed by atoms with van der Waals surface area (Å²) in [6.45, 7) is 4.11. The van der Waals surface area contributed by atoms with E-state index in [1.165, 1.54) is 12.8 Å². The minimum Gasteiger partial charge on any atom is -0.744 e. The molecular formula is C17H19NaO3S. The van der Waals surface area contributed by atoms with E-state index in [2.05, 4.69) is 13.8 Å². The minimum absolute atomic E-state index is 0. The number of hydrogen-bond donors (Lipinski definition) is 0. The Bertz CT molecular complexity index is 749. The maximum Gasteiger partial charge on any atom is 1.00 e. The third kappa shape index (κ3) is 3.74. The Morgan fingerprint density at radius 1 is 1.18 bits per heavy atom. The first-order valence-electron chi connectivity index (χ1n) is 7.37. The topological polar surface area (TPSA) is 57.2 Å². The van der Waals surface area contributed by atoms with Crippen molar-refractivity contribution in [2.24, 2.45) is 5.92 Å². The molecule has 0 spiro atoms. The van der Waals surface area contributed by atoms with E-state index in [9.17, 15) is 13.0 Å². The molecule has 0 heterocycles. The summed E-state index contributed by atoms with van der Waals surface area (Å²) in [5.41, 5.74) is 3.52. The van der Waals surface area contributed by atoms with Gasteiger partial charge in [0.05, 0.1) is 4.90 Å². The van der Waals surface area contributed by atoms with Crippen LogP contribution in [0.15, 0.2) is 35.2 Å². The van der Waals surface area contributed by atoms with Crippen LogP contribution >= 0.6 is 0 Å². The third-order valence-electron chi connectivity index (χ3n) is 4.21. The molecule has 0 aliphatic heterocycles. The maximum atomic E-state index is 11.6. The van der Waals surface area contributed by atoms with E-state index in [1.807, 2.05) is 24.3 Å². The zero-order valence-electron chi connectivity index (χ0n) is 13.3. The van der Waals surface area contributed by atoms with Gasteiger partial charge in [-0.15, -0.1) is 0 Å². The van der Waals surface area contributed by atoms with Gasteiger partial charge >= 0.3 is 29.6 Å². The summed E-state index contributed by atoms with van der Waals surface area (Å²) in [5.74, 6) is 0.928. The Hall–Kier alpha value is -0.390. The summed E-state index contributed by atoms with van der Waals surface area (Å²) < 4.78 is 34.8. The van der Waals surface area contributed by atoms with E-state index >= 15 is 0 Å². The van der Waals surface area contributed by atoms with Crippen LogP contribution in [0.1, 0.15) is 43.7 Å². The van der Waals surface area contributed by atoms with Crippen LogP contribution in [0.25, 0.3) is 11.1 Å². The molecule has 1 fully saturated rings. The van der Waals surface area contributed by atoms with Crippen molar-refractivity contribution in [2.75, 3.05) is 0 Å². The van der Waals surface area contributed by atoms with Gasteiger partial charge in [0.15, 0.2) is 0 Å². The number of fused-ring (bicyclic) bond motifs is 1. The number of hydrogen-bond acceptors (Lipinski definition) is 3. The number of rotatable bonds is 4. The molecule has 0 atom stereocenters. The Balaban J connectivity index is 0.00000176. The van der Waals surface area contributed by atoms with Gasteiger partial charge in [0, 0.05) is 0 Å². The second-order valence-corrected chi connectivity index (χ2v) is 7.64. The van der Waals surface area contributed by atoms with Gasteiger partial charge in [-0.3, -0.25) is 0 Å². The molecule has 0 aromatic rings. The van der Waals surface area contributed by atoms with Crippen molar-refractivity contribution in [3.8, 4) is 11.1 Å². The monoisotopic (exact) mass is 326 g/mol. The second-order valence-electron chi connectivity index (χ2n) is 6.29. The summed E-state index contributed by atoms with van der Waals surface area (Å²) >= 11 is 0. The van der Waals surface area contributed by atoms with Crippen molar-refractivity contribution < 1.29 is 42.5 Å². The molecule has 0 N–H and O–H groups in total. The molecule has 0 aromatic heterocycles. The predicted molar refractivity (Wildman–Crippen MR) is 81.5 cm³/mol. The zero-order valence-corrected chi connectivity index (χ0v) is 16.1. The molecule has 22 heavy (non-hydrogen) atoms. The van der Waals surface area contributed by atoms with E-state index in [-0.39, 0.29) is 40.4 Å². The van der Waals surface area contributed by atoms with Gasteiger partial charge in [-0.25, -0.2) is 8.42 Å². The third-order valence-corrected chi connectivity index (χ3v) is 5.09. The standard InChI is InChI=1S/C17H20O3S.Na/c1-11(2)13-4-3-5-15-14(8-12-6-7-12)10-17(16(15)9-13)21(18,19)20;/h3-5,9-12H,6-8H2,1-2H3,(H,18,19,20);/q;+1/p-1. The summed E-state index contributed by atoms with van der Waals surface area (Å²) in [5, 5.41) is 0. The molecule has 112 valence electrons. The maximum absolute atomic E-state index is 11.6. The molecule has 3 aliphatic carbocycles. The molecule has 0 saturated heterocycles. The fraction of sp³-hybridized carbons (Fsp3) is 0.412. The SMILES string of the molecule is CC(C)c1cccc2c(CC3CC3)cc(S(=O)(=O)[O-])c-2c1.[Na+]. The van der Waals surface area contributed by atoms with Gasteiger partial charge in [0.1, 0.15) is 10.1 Å². The zero-order chi connectivity index (χ0) is 15.2. The van der Waals surface area contributed by atoms with Gasteiger partial charge < -0.3 is 4.55 Å².